The first-order chi connectivity index (χ1) is 8.28. The Hall–Kier alpha value is -2.11. The van der Waals surface area contributed by atoms with Crippen molar-refractivity contribution in [3.8, 4) is 0 Å². The molecule has 0 unspecified atom stereocenters. The van der Waals surface area contributed by atoms with E-state index in [9.17, 15) is 9.59 Å². The fraction of sp³-hybridized carbons (Fsp3) is 0.417. The second-order valence-corrected chi connectivity index (χ2v) is 5.11. The van der Waals surface area contributed by atoms with Gasteiger partial charge in [-0.15, -0.1) is 0 Å². The molecule has 2 amide bonds. The summed E-state index contributed by atoms with van der Waals surface area (Å²) in [7, 11) is 0. The van der Waals surface area contributed by atoms with E-state index in [2.05, 4.69) is 15.6 Å². The molecule has 1 rings (SSSR count). The third-order valence-corrected chi connectivity index (χ3v) is 2.02. The van der Waals surface area contributed by atoms with Gasteiger partial charge in [0.15, 0.2) is 0 Å². The topological polar surface area (TPSA) is 91.3 Å². The molecular formula is C12H17N3O3. The maximum Gasteiger partial charge on any atom is 0.354 e. The van der Waals surface area contributed by atoms with E-state index in [1.165, 1.54) is 18.3 Å². The van der Waals surface area contributed by atoms with Crippen LogP contribution in [0.5, 0.6) is 0 Å². The van der Waals surface area contributed by atoms with Gasteiger partial charge in [0.2, 0.25) is 0 Å². The number of anilines is 1. The van der Waals surface area contributed by atoms with Gasteiger partial charge in [-0.1, -0.05) is 20.8 Å². The highest BCUT2D eigenvalue weighted by Crippen LogP contribution is 2.10. The molecule has 0 aliphatic heterocycles. The van der Waals surface area contributed by atoms with Gasteiger partial charge in [-0.05, 0) is 17.5 Å². The summed E-state index contributed by atoms with van der Waals surface area (Å²) in [6.45, 7) is 6.57. The lowest BCUT2D eigenvalue weighted by molar-refractivity contribution is 0.0690. The Kier molecular flexibility index (Phi) is 4.25. The SMILES string of the molecule is CC(C)(C)CNC(=O)Nc1ccc(C(=O)O)nc1. The Balaban J connectivity index is 2.52. The maximum absolute atomic E-state index is 11.5. The molecule has 6 heteroatoms. The molecule has 0 spiro atoms. The van der Waals surface area contributed by atoms with E-state index in [-0.39, 0.29) is 17.1 Å². The van der Waals surface area contributed by atoms with Crippen molar-refractivity contribution in [2.45, 2.75) is 20.8 Å². The number of urea groups is 1. The van der Waals surface area contributed by atoms with Gasteiger partial charge in [0.05, 0.1) is 11.9 Å². The van der Waals surface area contributed by atoms with E-state index < -0.39 is 5.97 Å². The minimum atomic E-state index is -1.10. The van der Waals surface area contributed by atoms with E-state index in [0.29, 0.717) is 12.2 Å². The van der Waals surface area contributed by atoms with Crippen LogP contribution >= 0.6 is 0 Å². The van der Waals surface area contributed by atoms with Crippen LogP contribution < -0.4 is 10.6 Å². The third-order valence-electron chi connectivity index (χ3n) is 2.02. The van der Waals surface area contributed by atoms with Crippen molar-refractivity contribution in [1.82, 2.24) is 10.3 Å². The van der Waals surface area contributed by atoms with E-state index in [1.54, 1.807) is 0 Å². The largest absolute Gasteiger partial charge is 0.477 e. The van der Waals surface area contributed by atoms with Gasteiger partial charge in [0.25, 0.3) is 0 Å². The summed E-state index contributed by atoms with van der Waals surface area (Å²) in [5, 5.41) is 14.0. The lowest BCUT2D eigenvalue weighted by Gasteiger charge is -2.18. The number of amides is 2. The number of hydrogen-bond donors (Lipinski definition) is 3. The predicted molar refractivity (Wildman–Crippen MR) is 67.7 cm³/mol. The van der Waals surface area contributed by atoms with E-state index in [4.69, 9.17) is 5.11 Å². The van der Waals surface area contributed by atoms with Crippen LogP contribution in [0.25, 0.3) is 0 Å². The molecule has 98 valence electrons. The number of aromatic nitrogens is 1. The highest BCUT2D eigenvalue weighted by Gasteiger charge is 2.12. The van der Waals surface area contributed by atoms with E-state index >= 15 is 0 Å². The van der Waals surface area contributed by atoms with Gasteiger partial charge in [0.1, 0.15) is 5.69 Å². The summed E-state index contributed by atoms with van der Waals surface area (Å²) in [6.07, 6.45) is 1.31. The van der Waals surface area contributed by atoms with Gasteiger partial charge in [0, 0.05) is 6.54 Å². The summed E-state index contributed by atoms with van der Waals surface area (Å²) < 4.78 is 0. The van der Waals surface area contributed by atoms with Crippen molar-refractivity contribution >= 4 is 17.7 Å². The highest BCUT2D eigenvalue weighted by atomic mass is 16.4. The molecule has 1 heterocycles. The second kappa shape index (κ2) is 5.48. The summed E-state index contributed by atoms with van der Waals surface area (Å²) >= 11 is 0. The molecular weight excluding hydrogens is 234 g/mol. The first-order valence-corrected chi connectivity index (χ1v) is 5.52. The minimum Gasteiger partial charge on any atom is -0.477 e. The zero-order valence-electron chi connectivity index (χ0n) is 10.7. The Morgan fingerprint density at radius 2 is 2.00 bits per heavy atom. The zero-order valence-corrected chi connectivity index (χ0v) is 10.7. The van der Waals surface area contributed by atoms with Gasteiger partial charge in [-0.2, -0.15) is 0 Å². The van der Waals surface area contributed by atoms with Gasteiger partial charge < -0.3 is 15.7 Å². The maximum atomic E-state index is 11.5. The summed E-state index contributed by atoms with van der Waals surface area (Å²) in [5.74, 6) is -1.10. The molecule has 0 fully saturated rings. The summed E-state index contributed by atoms with van der Waals surface area (Å²) in [6, 6.07) is 2.49. The number of carbonyl (C=O) groups excluding carboxylic acids is 1. The predicted octanol–water partition coefficient (Wildman–Crippen LogP) is 1.95. The van der Waals surface area contributed by atoms with Crippen LogP contribution in [-0.2, 0) is 0 Å². The fourth-order valence-corrected chi connectivity index (χ4v) is 1.12. The zero-order chi connectivity index (χ0) is 13.8. The highest BCUT2D eigenvalue weighted by molar-refractivity contribution is 5.90. The lowest BCUT2D eigenvalue weighted by atomic mass is 9.97. The van der Waals surface area contributed by atoms with Crippen LogP contribution in [0, 0.1) is 5.41 Å². The Morgan fingerprint density at radius 3 is 2.44 bits per heavy atom. The number of nitrogens with one attached hydrogen (secondary N) is 2. The molecule has 0 atom stereocenters. The van der Waals surface area contributed by atoms with Crippen LogP contribution in [0.1, 0.15) is 31.3 Å². The number of carboxylic acids is 1. The number of hydrogen-bond acceptors (Lipinski definition) is 3. The average molecular weight is 251 g/mol. The van der Waals surface area contributed by atoms with Crippen LogP contribution in [0.15, 0.2) is 18.3 Å². The molecule has 1 aromatic rings. The molecule has 0 saturated heterocycles. The Bertz CT molecular complexity index is 435. The number of carbonyl (C=O) groups is 2. The van der Waals surface area contributed by atoms with Crippen LogP contribution in [0.4, 0.5) is 10.5 Å². The van der Waals surface area contributed by atoms with Crippen LogP contribution in [0.3, 0.4) is 0 Å². The molecule has 6 nitrogen and oxygen atoms in total. The van der Waals surface area contributed by atoms with Crippen LogP contribution in [-0.4, -0.2) is 28.6 Å². The molecule has 0 aromatic carbocycles. The molecule has 18 heavy (non-hydrogen) atoms. The third kappa shape index (κ3) is 4.82. The standard InChI is InChI=1S/C12H17N3O3/c1-12(2,3)7-14-11(18)15-8-4-5-9(10(16)17)13-6-8/h4-6H,7H2,1-3H3,(H,16,17)(H2,14,15,18). The van der Waals surface area contributed by atoms with E-state index in [0.717, 1.165) is 0 Å². The number of carboxylic acid groups (broad SMARTS) is 1. The first kappa shape index (κ1) is 14.0. The molecule has 0 aliphatic carbocycles. The number of rotatable bonds is 3. The van der Waals surface area contributed by atoms with E-state index in [1.807, 2.05) is 20.8 Å². The van der Waals surface area contributed by atoms with Crippen molar-refractivity contribution in [1.29, 1.82) is 0 Å². The summed E-state index contributed by atoms with van der Waals surface area (Å²) in [5.41, 5.74) is 0.394. The van der Waals surface area contributed by atoms with Crippen molar-refractivity contribution in [2.75, 3.05) is 11.9 Å². The monoisotopic (exact) mass is 251 g/mol. The van der Waals surface area contributed by atoms with Gasteiger partial charge in [-0.3, -0.25) is 0 Å². The van der Waals surface area contributed by atoms with Crippen molar-refractivity contribution in [2.24, 2.45) is 5.41 Å². The van der Waals surface area contributed by atoms with Crippen molar-refractivity contribution in [3.05, 3.63) is 24.0 Å². The number of aromatic carboxylic acids is 1. The van der Waals surface area contributed by atoms with Crippen LogP contribution in [0.2, 0.25) is 0 Å². The summed E-state index contributed by atoms with van der Waals surface area (Å²) in [4.78, 5) is 25.8. The Morgan fingerprint density at radius 1 is 1.33 bits per heavy atom. The minimum absolute atomic E-state index is 0.00273. The Labute approximate surface area is 105 Å². The van der Waals surface area contributed by atoms with Gasteiger partial charge in [-0.25, -0.2) is 14.6 Å². The lowest BCUT2D eigenvalue weighted by Crippen LogP contribution is -2.35. The smallest absolute Gasteiger partial charge is 0.354 e. The number of pyridine rings is 1. The van der Waals surface area contributed by atoms with Gasteiger partial charge >= 0.3 is 12.0 Å². The fourth-order valence-electron chi connectivity index (χ4n) is 1.12. The molecule has 0 radical (unpaired) electrons. The number of nitrogens with zero attached hydrogens (tertiary/aromatic N) is 1. The molecule has 1 aromatic heterocycles. The quantitative estimate of drug-likeness (QED) is 0.765. The molecule has 0 aliphatic rings. The average Bonchev–Trinajstić information content (AvgIpc) is 2.26. The normalized spacial score (nSPS) is 10.8. The second-order valence-electron chi connectivity index (χ2n) is 5.11. The van der Waals surface area contributed by atoms with Crippen molar-refractivity contribution in [3.63, 3.8) is 0 Å². The van der Waals surface area contributed by atoms with Crippen molar-refractivity contribution < 1.29 is 14.7 Å². The first-order valence-electron chi connectivity index (χ1n) is 5.52. The molecule has 0 saturated carbocycles. The molecule has 0 bridgehead atoms. The molecule has 3 N–H and O–H groups in total.